The van der Waals surface area contributed by atoms with Crippen LogP contribution >= 0.6 is 46.4 Å². The molecule has 6 aromatic rings. The summed E-state index contributed by atoms with van der Waals surface area (Å²) < 4.78 is 61.2. The minimum absolute atomic E-state index is 0.174. The van der Waals surface area contributed by atoms with Crippen molar-refractivity contribution in [1.82, 2.24) is 39.0 Å². The Balaban J connectivity index is 0.000000173. The molecule has 0 unspecified atom stereocenters. The van der Waals surface area contributed by atoms with Gasteiger partial charge in [-0.2, -0.15) is 14.7 Å². The number of hydrogen-bond donors (Lipinski definition) is 3. The highest BCUT2D eigenvalue weighted by Crippen LogP contribution is 2.42. The molecule has 5 aliphatic heterocycles. The molecular formula is C46H50Cl4N12O8S2. The van der Waals surface area contributed by atoms with Gasteiger partial charge in [-0.15, -0.1) is 0 Å². The van der Waals surface area contributed by atoms with E-state index in [1.165, 1.54) is 40.9 Å². The number of halogens is 4. The van der Waals surface area contributed by atoms with Crippen LogP contribution in [0.1, 0.15) is 82.7 Å². The van der Waals surface area contributed by atoms with Crippen LogP contribution in [0.5, 0.6) is 0 Å². The molecule has 0 saturated carbocycles. The molecule has 0 radical (unpaired) electrons. The molecule has 2 atom stereocenters. The van der Waals surface area contributed by atoms with E-state index in [1.807, 2.05) is 16.6 Å². The highest BCUT2D eigenvalue weighted by atomic mass is 35.5. The zero-order valence-corrected chi connectivity index (χ0v) is 43.7. The number of β-amino-alcohol motifs (C(OH)–C–C–N with tert-alkyl or cyclic N) is 1. The van der Waals surface area contributed by atoms with E-state index in [0.29, 0.717) is 64.8 Å². The van der Waals surface area contributed by atoms with Crippen molar-refractivity contribution in [2.45, 2.75) is 56.7 Å². The molecule has 2 amide bonds. The van der Waals surface area contributed by atoms with Gasteiger partial charge in [0, 0.05) is 73.6 Å². The van der Waals surface area contributed by atoms with E-state index in [2.05, 4.69) is 29.3 Å². The third kappa shape index (κ3) is 10.5. The number of piperidine rings is 2. The summed E-state index contributed by atoms with van der Waals surface area (Å²) in [6.07, 6.45) is 6.61. The number of benzene rings is 2. The van der Waals surface area contributed by atoms with Crippen molar-refractivity contribution in [1.29, 1.82) is 0 Å². The lowest BCUT2D eigenvalue weighted by molar-refractivity contribution is -0.127. The van der Waals surface area contributed by atoms with Crippen LogP contribution in [0.15, 0.2) is 60.7 Å². The van der Waals surface area contributed by atoms with E-state index >= 15 is 0 Å². The molecule has 5 fully saturated rings. The highest BCUT2D eigenvalue weighted by molar-refractivity contribution is 7.92. The van der Waals surface area contributed by atoms with Crippen molar-refractivity contribution in [3.05, 3.63) is 104 Å². The van der Waals surface area contributed by atoms with Gasteiger partial charge < -0.3 is 29.4 Å². The molecule has 2 aromatic carbocycles. The molecule has 5 saturated heterocycles. The molecule has 26 heteroatoms. The Bertz CT molecular complexity index is 3340. The van der Waals surface area contributed by atoms with Crippen LogP contribution in [-0.2, 0) is 24.8 Å². The van der Waals surface area contributed by atoms with Gasteiger partial charge >= 0.3 is 0 Å². The topological polar surface area (TPSA) is 229 Å². The first kappa shape index (κ1) is 50.3. The number of sulfonamides is 2. The minimum Gasteiger partial charge on any atom is -0.389 e. The maximum absolute atomic E-state index is 14.0. The fraction of sp³-hybridized carbons (Fsp3) is 0.435. The Kier molecular flexibility index (Phi) is 13.7. The van der Waals surface area contributed by atoms with Gasteiger partial charge in [-0.05, 0) is 74.9 Å². The number of fused-ring (bicyclic) bond motifs is 2. The molecule has 0 bridgehead atoms. The van der Waals surface area contributed by atoms with Gasteiger partial charge in [0.25, 0.3) is 11.8 Å². The van der Waals surface area contributed by atoms with Gasteiger partial charge in [0.2, 0.25) is 20.0 Å². The van der Waals surface area contributed by atoms with E-state index < -0.39 is 20.0 Å². The number of rotatable bonds is 10. The van der Waals surface area contributed by atoms with Crippen LogP contribution in [0.25, 0.3) is 11.3 Å². The Morgan fingerprint density at radius 2 is 1.19 bits per heavy atom. The fourth-order valence-electron chi connectivity index (χ4n) is 9.98. The normalized spacial score (nSPS) is 20.2. The Morgan fingerprint density at radius 3 is 1.68 bits per heavy atom. The van der Waals surface area contributed by atoms with Crippen LogP contribution in [-0.4, -0.2) is 144 Å². The number of ether oxygens (including phenoxy) is 1. The molecular weight excluding hydrogens is 1050 g/mol. The predicted octanol–water partition coefficient (Wildman–Crippen LogP) is 6.57. The minimum atomic E-state index is -3.61. The summed E-state index contributed by atoms with van der Waals surface area (Å²) in [5.74, 6) is 1.08. The smallest absolute Gasteiger partial charge is 0.256 e. The van der Waals surface area contributed by atoms with Crippen molar-refractivity contribution in [3.8, 4) is 0 Å². The number of amides is 2. The van der Waals surface area contributed by atoms with E-state index in [0.717, 1.165) is 88.2 Å². The van der Waals surface area contributed by atoms with Gasteiger partial charge in [0.05, 0.1) is 83.2 Å². The van der Waals surface area contributed by atoms with Crippen LogP contribution in [0.2, 0.25) is 20.4 Å². The molecule has 4 aromatic heterocycles. The van der Waals surface area contributed by atoms with Gasteiger partial charge in [0.1, 0.15) is 21.9 Å². The van der Waals surface area contributed by atoms with Gasteiger partial charge in [-0.3, -0.25) is 19.0 Å². The van der Waals surface area contributed by atoms with Gasteiger partial charge in [0.15, 0.2) is 11.3 Å². The Labute approximate surface area is 435 Å². The molecule has 5 aliphatic rings. The predicted molar refractivity (Wildman–Crippen MR) is 275 cm³/mol. The Hall–Kier alpha value is -5.20. The highest BCUT2D eigenvalue weighted by Gasteiger charge is 2.50. The number of aromatic nitrogens is 6. The molecule has 9 heterocycles. The molecule has 11 rings (SSSR count). The number of likely N-dealkylation sites (tertiary alicyclic amines) is 2. The second-order valence-corrected chi connectivity index (χ2v) is 24.3. The van der Waals surface area contributed by atoms with Crippen molar-refractivity contribution in [3.63, 3.8) is 0 Å². The van der Waals surface area contributed by atoms with Crippen molar-refractivity contribution >= 4 is 113 Å². The van der Waals surface area contributed by atoms with E-state index in [1.54, 1.807) is 21.9 Å². The zero-order chi connectivity index (χ0) is 50.9. The number of carbonyl (C=O) groups is 2. The summed E-state index contributed by atoms with van der Waals surface area (Å²) in [6, 6.07) is 15.6. The second kappa shape index (κ2) is 19.6. The Morgan fingerprint density at radius 1 is 0.681 bits per heavy atom. The molecule has 20 nitrogen and oxygen atoms in total. The summed E-state index contributed by atoms with van der Waals surface area (Å²) in [4.78, 5) is 44.4. The summed E-state index contributed by atoms with van der Waals surface area (Å²) in [7, 11) is -7.19. The molecule has 3 N–H and O–H groups in total. The van der Waals surface area contributed by atoms with Crippen molar-refractivity contribution in [2.75, 3.05) is 84.2 Å². The number of aliphatic hydroxyl groups excluding tert-OH is 1. The van der Waals surface area contributed by atoms with Crippen LogP contribution in [0, 0.1) is 5.41 Å². The quantitative estimate of drug-likeness (QED) is 0.123. The number of aliphatic hydroxyl groups is 1. The number of hydrogen-bond acceptors (Lipinski definition) is 14. The van der Waals surface area contributed by atoms with E-state index in [4.69, 9.17) is 61.2 Å². The molecule has 382 valence electrons. The number of nitrogens with zero attached hydrogens (tertiary/aromatic N) is 10. The average molecular weight is 1100 g/mol. The fourth-order valence-corrected chi connectivity index (χ4v) is 12.0. The first-order chi connectivity index (χ1) is 34.2. The SMILES string of the molecule is CS(=O)(=O)Nc1ccc(Cl)cc1C(=O)N1CCCC[C@H]1c1cc2nc(Cl)cc(Cl)n2n1.CS(=O)(=O)Nc1ccc(Cl)cc1C(=O)N1CCCC[C@H]1c1cc2nc(N3CC(O)C3)cc(N3CC4(COC4)C3)n2n1. The summed E-state index contributed by atoms with van der Waals surface area (Å²) in [6.45, 7) is 5.37. The first-order valence-electron chi connectivity index (χ1n) is 23.2. The number of nitrogens with one attached hydrogen (secondary N) is 2. The largest absolute Gasteiger partial charge is 0.389 e. The summed E-state index contributed by atoms with van der Waals surface area (Å²) >= 11 is 24.6. The van der Waals surface area contributed by atoms with E-state index in [9.17, 15) is 31.5 Å². The molecule has 0 aliphatic carbocycles. The lowest BCUT2D eigenvalue weighted by Gasteiger charge is -2.55. The maximum Gasteiger partial charge on any atom is 0.256 e. The number of carbonyl (C=O) groups excluding carboxylic acids is 2. The molecule has 1 spiro atoms. The lowest BCUT2D eigenvalue weighted by atomic mass is 9.78. The monoisotopic (exact) mass is 1100 g/mol. The maximum atomic E-state index is 14.0. The van der Waals surface area contributed by atoms with E-state index in [-0.39, 0.29) is 63.1 Å². The third-order valence-corrected chi connectivity index (χ3v) is 15.5. The van der Waals surface area contributed by atoms with Gasteiger partial charge in [-0.1, -0.05) is 46.4 Å². The van der Waals surface area contributed by atoms with Crippen LogP contribution in [0.3, 0.4) is 0 Å². The van der Waals surface area contributed by atoms with Crippen molar-refractivity contribution < 1.29 is 36.3 Å². The van der Waals surface area contributed by atoms with Crippen LogP contribution < -0.4 is 19.2 Å². The standard InChI is InChI=1S/C27H32ClN7O5S.C19H18Cl3N5O3S/c1-41(38,39)31-20-6-5-17(28)8-19(20)26(37)34-7-3-2-4-22(34)21-9-24-29-23(32-11-18(36)12-32)10-25(35(24)30-21)33-13-27(14-33)15-40-16-27;1-31(29,30)25-13-6-5-11(20)8-12(13)19(28)26-7-3-2-4-15(26)14-9-18-23-16(21)10-17(22)27(18)24-14/h5-6,8-10,18,22,31,36H,2-4,7,11-16H2,1H3;5-6,8-10,15,25H,2-4,7H2,1H3/t22-;15-/m00/s1. The third-order valence-electron chi connectivity index (χ3n) is 13.4. The van der Waals surface area contributed by atoms with Gasteiger partial charge in [-0.25, -0.2) is 31.3 Å². The summed E-state index contributed by atoms with van der Waals surface area (Å²) in [5.41, 5.74) is 3.47. The first-order valence-corrected chi connectivity index (χ1v) is 28.5. The summed E-state index contributed by atoms with van der Waals surface area (Å²) in [5, 5.41) is 20.6. The van der Waals surface area contributed by atoms with Crippen LogP contribution in [0.4, 0.5) is 23.0 Å². The average Bonchev–Trinajstić information content (AvgIpc) is 3.92. The lowest BCUT2D eigenvalue weighted by Crippen LogP contribution is -2.66. The number of anilines is 4. The molecule has 72 heavy (non-hydrogen) atoms. The second-order valence-electron chi connectivity index (χ2n) is 19.1. The zero-order valence-electron chi connectivity index (χ0n) is 39.0. The van der Waals surface area contributed by atoms with Crippen molar-refractivity contribution in [2.24, 2.45) is 5.41 Å².